The molecule has 0 bridgehead atoms. The Kier molecular flexibility index (Phi) is 2.87. The molecule has 0 spiro atoms. The molecule has 2 aliphatic rings. The van der Waals surface area contributed by atoms with Gasteiger partial charge in [-0.2, -0.15) is 0 Å². The minimum Gasteiger partial charge on any atom is -0.384 e. The van der Waals surface area contributed by atoms with Crippen molar-refractivity contribution in [3.05, 3.63) is 35.4 Å². The van der Waals surface area contributed by atoms with Crippen LogP contribution < -0.4 is 0 Å². The molecule has 98 valence electrons. The van der Waals surface area contributed by atoms with E-state index in [2.05, 4.69) is 4.90 Å². The largest absolute Gasteiger partial charge is 0.384 e. The monoisotopic (exact) mass is 253 g/mol. The van der Waals surface area contributed by atoms with E-state index in [9.17, 15) is 13.9 Å². The number of halogens is 2. The Balaban J connectivity index is 1.80. The van der Waals surface area contributed by atoms with Crippen molar-refractivity contribution in [3.8, 4) is 0 Å². The fourth-order valence-electron chi connectivity index (χ4n) is 2.78. The van der Waals surface area contributed by atoms with Gasteiger partial charge in [0.25, 0.3) is 0 Å². The van der Waals surface area contributed by atoms with Crippen molar-refractivity contribution in [1.82, 2.24) is 4.90 Å². The van der Waals surface area contributed by atoms with Gasteiger partial charge in [-0.1, -0.05) is 12.1 Å². The molecular weight excluding hydrogens is 236 g/mol. The predicted octanol–water partition coefficient (Wildman–Crippen LogP) is 2.27. The molecule has 3 rings (SSSR count). The number of aliphatic hydroxyl groups is 1. The molecule has 0 amide bonds. The zero-order valence-electron chi connectivity index (χ0n) is 10.2. The summed E-state index contributed by atoms with van der Waals surface area (Å²) < 4.78 is 27.0. The van der Waals surface area contributed by atoms with Crippen LogP contribution in [0.4, 0.5) is 8.78 Å². The van der Waals surface area contributed by atoms with E-state index in [-0.39, 0.29) is 5.56 Å². The number of benzene rings is 1. The van der Waals surface area contributed by atoms with Gasteiger partial charge in [0.05, 0.1) is 0 Å². The highest BCUT2D eigenvalue weighted by molar-refractivity contribution is 5.27. The van der Waals surface area contributed by atoms with Crippen LogP contribution >= 0.6 is 0 Å². The summed E-state index contributed by atoms with van der Waals surface area (Å²) in [6.45, 7) is 2.13. The van der Waals surface area contributed by atoms with Crippen LogP contribution in [0.15, 0.2) is 18.2 Å². The fourth-order valence-corrected chi connectivity index (χ4v) is 2.78. The van der Waals surface area contributed by atoms with E-state index >= 15 is 0 Å². The van der Waals surface area contributed by atoms with Crippen molar-refractivity contribution in [1.29, 1.82) is 0 Å². The van der Waals surface area contributed by atoms with Gasteiger partial charge in [0, 0.05) is 25.2 Å². The summed E-state index contributed by atoms with van der Waals surface area (Å²) in [4.78, 5) is 2.15. The number of β-amino-alcohol motifs (C(OH)–C–C–N with tert-alkyl or cyclic N) is 1. The van der Waals surface area contributed by atoms with Gasteiger partial charge in [0.1, 0.15) is 5.60 Å². The lowest BCUT2D eigenvalue weighted by Gasteiger charge is -2.24. The van der Waals surface area contributed by atoms with E-state index in [4.69, 9.17) is 0 Å². The topological polar surface area (TPSA) is 23.5 Å². The molecule has 2 nitrogen and oxygen atoms in total. The molecule has 1 aliphatic carbocycles. The first-order chi connectivity index (χ1) is 8.58. The maximum Gasteiger partial charge on any atom is 0.164 e. The van der Waals surface area contributed by atoms with E-state index < -0.39 is 17.2 Å². The summed E-state index contributed by atoms with van der Waals surface area (Å²) >= 11 is 0. The molecule has 1 aromatic carbocycles. The average molecular weight is 253 g/mol. The van der Waals surface area contributed by atoms with Crippen molar-refractivity contribution in [2.75, 3.05) is 19.6 Å². The summed E-state index contributed by atoms with van der Waals surface area (Å²) in [5, 5.41) is 10.5. The number of likely N-dealkylation sites (tertiary alicyclic amines) is 1. The van der Waals surface area contributed by atoms with Crippen molar-refractivity contribution < 1.29 is 13.9 Å². The van der Waals surface area contributed by atoms with Crippen LogP contribution in [0.1, 0.15) is 24.8 Å². The van der Waals surface area contributed by atoms with Crippen molar-refractivity contribution in [2.24, 2.45) is 5.92 Å². The van der Waals surface area contributed by atoms with Gasteiger partial charge in [0.15, 0.2) is 11.6 Å². The molecule has 1 unspecified atom stereocenters. The first kappa shape index (κ1) is 12.1. The van der Waals surface area contributed by atoms with Crippen LogP contribution in [-0.4, -0.2) is 29.6 Å². The molecule has 18 heavy (non-hydrogen) atoms. The Morgan fingerprint density at radius 2 is 2.11 bits per heavy atom. The molecule has 0 aromatic heterocycles. The second kappa shape index (κ2) is 4.28. The van der Waals surface area contributed by atoms with Crippen LogP contribution in [-0.2, 0) is 5.60 Å². The Morgan fingerprint density at radius 3 is 2.83 bits per heavy atom. The Bertz CT molecular complexity index is 461. The average Bonchev–Trinajstić information content (AvgIpc) is 3.06. The Hall–Kier alpha value is -1.00. The number of hydrogen-bond donors (Lipinski definition) is 1. The van der Waals surface area contributed by atoms with Gasteiger partial charge in [-0.25, -0.2) is 8.78 Å². The minimum absolute atomic E-state index is 0.0980. The van der Waals surface area contributed by atoms with Gasteiger partial charge >= 0.3 is 0 Å². The van der Waals surface area contributed by atoms with E-state index in [0.717, 1.165) is 25.1 Å². The second-order valence-electron chi connectivity index (χ2n) is 5.56. The predicted molar refractivity (Wildman–Crippen MR) is 64.0 cm³/mol. The molecule has 1 N–H and O–H groups in total. The SMILES string of the molecule is OC1(c2cccc(F)c2F)CCN(CC2CC2)C1. The highest BCUT2D eigenvalue weighted by Gasteiger charge is 2.41. The van der Waals surface area contributed by atoms with E-state index in [1.807, 2.05) is 0 Å². The summed E-state index contributed by atoms with van der Waals surface area (Å²) in [6, 6.07) is 4.02. The quantitative estimate of drug-likeness (QED) is 0.893. The molecule has 1 heterocycles. The van der Waals surface area contributed by atoms with Crippen molar-refractivity contribution >= 4 is 0 Å². The molecule has 1 saturated carbocycles. The normalized spacial score (nSPS) is 28.8. The van der Waals surface area contributed by atoms with Crippen LogP contribution in [0.2, 0.25) is 0 Å². The molecule has 4 heteroatoms. The highest BCUT2D eigenvalue weighted by Crippen LogP contribution is 2.37. The zero-order valence-corrected chi connectivity index (χ0v) is 10.2. The van der Waals surface area contributed by atoms with Gasteiger partial charge < -0.3 is 5.11 Å². The fraction of sp³-hybridized carbons (Fsp3) is 0.571. The maximum atomic E-state index is 13.7. The summed E-state index contributed by atoms with van der Waals surface area (Å²) in [7, 11) is 0. The Labute approximate surface area is 105 Å². The number of rotatable bonds is 3. The number of nitrogens with zero attached hydrogens (tertiary/aromatic N) is 1. The lowest BCUT2D eigenvalue weighted by Crippen LogP contribution is -2.32. The smallest absolute Gasteiger partial charge is 0.164 e. The first-order valence-corrected chi connectivity index (χ1v) is 6.48. The van der Waals surface area contributed by atoms with Gasteiger partial charge in [-0.15, -0.1) is 0 Å². The van der Waals surface area contributed by atoms with Gasteiger partial charge in [0.2, 0.25) is 0 Å². The van der Waals surface area contributed by atoms with E-state index in [1.54, 1.807) is 0 Å². The van der Waals surface area contributed by atoms with E-state index in [1.165, 1.54) is 25.0 Å². The summed E-state index contributed by atoms with van der Waals surface area (Å²) in [5.41, 5.74) is -1.14. The van der Waals surface area contributed by atoms with Crippen LogP contribution in [0.5, 0.6) is 0 Å². The molecular formula is C14H17F2NO. The maximum absolute atomic E-state index is 13.7. The summed E-state index contributed by atoms with van der Waals surface area (Å²) in [5.74, 6) is -1.06. The molecule has 1 aliphatic heterocycles. The zero-order chi connectivity index (χ0) is 12.8. The van der Waals surface area contributed by atoms with Crippen molar-refractivity contribution in [2.45, 2.75) is 24.9 Å². The standard InChI is InChI=1S/C14H17F2NO/c15-12-3-1-2-11(13(12)16)14(18)6-7-17(9-14)8-10-4-5-10/h1-3,10,18H,4-9H2. The van der Waals surface area contributed by atoms with Gasteiger partial charge in [-0.05, 0) is 31.2 Å². The summed E-state index contributed by atoms with van der Waals surface area (Å²) in [6.07, 6.45) is 2.98. The Morgan fingerprint density at radius 1 is 1.33 bits per heavy atom. The molecule has 1 aromatic rings. The first-order valence-electron chi connectivity index (χ1n) is 6.48. The molecule has 2 fully saturated rings. The second-order valence-corrected chi connectivity index (χ2v) is 5.56. The molecule has 1 atom stereocenters. The van der Waals surface area contributed by atoms with Crippen LogP contribution in [0.25, 0.3) is 0 Å². The number of hydrogen-bond acceptors (Lipinski definition) is 2. The lowest BCUT2D eigenvalue weighted by molar-refractivity contribution is 0.0414. The minimum atomic E-state index is -1.24. The third-order valence-corrected chi connectivity index (χ3v) is 3.99. The molecule has 0 radical (unpaired) electrons. The lowest BCUT2D eigenvalue weighted by atomic mass is 9.92. The molecule has 1 saturated heterocycles. The highest BCUT2D eigenvalue weighted by atomic mass is 19.2. The van der Waals surface area contributed by atoms with Gasteiger partial charge in [-0.3, -0.25) is 4.90 Å². The van der Waals surface area contributed by atoms with E-state index in [0.29, 0.717) is 13.0 Å². The van der Waals surface area contributed by atoms with Crippen LogP contribution in [0.3, 0.4) is 0 Å². The van der Waals surface area contributed by atoms with Crippen molar-refractivity contribution in [3.63, 3.8) is 0 Å². The third-order valence-electron chi connectivity index (χ3n) is 3.99. The third kappa shape index (κ3) is 2.15. The van der Waals surface area contributed by atoms with Crippen LogP contribution in [0, 0.1) is 17.6 Å².